The Morgan fingerprint density at radius 3 is 2.64 bits per heavy atom. The zero-order valence-corrected chi connectivity index (χ0v) is 17.6. The number of hydrogen-bond donors (Lipinski definition) is 0. The minimum absolute atomic E-state index is 0.0272. The van der Waals surface area contributed by atoms with Gasteiger partial charge in [-0.1, -0.05) is 42.1 Å². The summed E-state index contributed by atoms with van der Waals surface area (Å²) in [7, 11) is 0. The summed E-state index contributed by atoms with van der Waals surface area (Å²) >= 11 is 3.23. The molecule has 0 fully saturated rings. The Morgan fingerprint density at radius 1 is 1.18 bits per heavy atom. The number of aromatic nitrogens is 2. The predicted octanol–water partition coefficient (Wildman–Crippen LogP) is 5.13. The van der Waals surface area contributed by atoms with Crippen LogP contribution in [0, 0.1) is 0 Å². The first kappa shape index (κ1) is 19.2. The van der Waals surface area contributed by atoms with Gasteiger partial charge in [0.25, 0.3) is 5.56 Å². The van der Waals surface area contributed by atoms with Crippen LogP contribution in [0.1, 0.15) is 30.4 Å². The number of thioether (sulfide) groups is 2. The summed E-state index contributed by atoms with van der Waals surface area (Å²) < 4.78 is 7.29. The van der Waals surface area contributed by atoms with Crippen molar-refractivity contribution in [3.05, 3.63) is 76.2 Å². The van der Waals surface area contributed by atoms with E-state index >= 15 is 0 Å². The summed E-state index contributed by atoms with van der Waals surface area (Å²) in [5.74, 6) is 1.72. The van der Waals surface area contributed by atoms with E-state index in [1.807, 2.05) is 49.4 Å². The fraction of sp³-hybridized carbons (Fsp3) is 0.273. The van der Waals surface area contributed by atoms with Crippen molar-refractivity contribution >= 4 is 23.5 Å². The Bertz CT molecular complexity index is 1020. The Hall–Kier alpha value is -2.18. The molecule has 144 valence electrons. The second-order valence-electron chi connectivity index (χ2n) is 6.51. The molecule has 0 spiro atoms. The van der Waals surface area contributed by atoms with Crippen LogP contribution >= 0.6 is 23.5 Å². The Labute approximate surface area is 173 Å². The van der Waals surface area contributed by atoms with Gasteiger partial charge in [0.2, 0.25) is 0 Å². The number of hydrogen-bond acceptors (Lipinski definition) is 5. The molecule has 0 bridgehead atoms. The lowest BCUT2D eigenvalue weighted by Crippen LogP contribution is -2.24. The number of fused-ring (bicyclic) bond motifs is 1. The van der Waals surface area contributed by atoms with E-state index in [2.05, 4.69) is 19.1 Å². The highest BCUT2D eigenvalue weighted by atomic mass is 32.2. The van der Waals surface area contributed by atoms with E-state index in [0.29, 0.717) is 6.61 Å². The van der Waals surface area contributed by atoms with Crippen LogP contribution < -0.4 is 10.3 Å². The highest BCUT2D eigenvalue weighted by Gasteiger charge is 2.23. The van der Waals surface area contributed by atoms with Gasteiger partial charge in [0.15, 0.2) is 5.16 Å². The number of rotatable bonds is 6. The number of benzene rings is 2. The maximum Gasteiger partial charge on any atom is 0.272 e. The predicted molar refractivity (Wildman–Crippen MR) is 116 cm³/mol. The summed E-state index contributed by atoms with van der Waals surface area (Å²) in [6.45, 7) is 4.72. The molecule has 0 amide bonds. The minimum Gasteiger partial charge on any atom is -0.494 e. The average molecular weight is 411 g/mol. The van der Waals surface area contributed by atoms with Crippen LogP contribution in [0.3, 0.4) is 0 Å². The van der Waals surface area contributed by atoms with Gasteiger partial charge >= 0.3 is 0 Å². The molecule has 1 aliphatic heterocycles. The lowest BCUT2D eigenvalue weighted by Gasteiger charge is -2.17. The summed E-state index contributed by atoms with van der Waals surface area (Å²) in [5.41, 5.74) is 2.99. The molecular weight excluding hydrogens is 388 g/mol. The van der Waals surface area contributed by atoms with Crippen LogP contribution in [0.5, 0.6) is 5.75 Å². The van der Waals surface area contributed by atoms with E-state index in [1.54, 1.807) is 28.1 Å². The first-order chi connectivity index (χ1) is 13.7. The minimum atomic E-state index is 0.0272. The first-order valence-corrected chi connectivity index (χ1v) is 11.3. The van der Waals surface area contributed by atoms with Crippen LogP contribution in [0.25, 0.3) is 5.69 Å². The normalized spacial score (nSPS) is 13.9. The van der Waals surface area contributed by atoms with Crippen molar-refractivity contribution in [2.75, 3.05) is 12.4 Å². The zero-order valence-electron chi connectivity index (χ0n) is 15.9. The molecule has 0 saturated carbocycles. The highest BCUT2D eigenvalue weighted by molar-refractivity contribution is 7.99. The largest absolute Gasteiger partial charge is 0.494 e. The highest BCUT2D eigenvalue weighted by Crippen LogP contribution is 2.36. The standard InChI is InChI=1S/C22H22N2O2S2/c1-3-26-18-11-9-17(10-12-18)24-21(25)20-19(13-14-27-20)23-22(24)28-15(2)16-7-5-4-6-8-16/h4-12,15H,3,13-14H2,1-2H3. The molecule has 1 aliphatic rings. The van der Waals surface area contributed by atoms with Gasteiger partial charge in [0.05, 0.1) is 22.9 Å². The second kappa shape index (κ2) is 8.45. The molecule has 2 heterocycles. The van der Waals surface area contributed by atoms with E-state index in [4.69, 9.17) is 9.72 Å². The molecule has 4 nitrogen and oxygen atoms in total. The molecule has 28 heavy (non-hydrogen) atoms. The number of nitrogens with zero attached hydrogens (tertiary/aromatic N) is 2. The van der Waals surface area contributed by atoms with Gasteiger partial charge in [-0.25, -0.2) is 4.98 Å². The third-order valence-corrected chi connectivity index (χ3v) is 6.84. The average Bonchev–Trinajstić information content (AvgIpc) is 3.19. The van der Waals surface area contributed by atoms with Crippen molar-refractivity contribution in [2.45, 2.75) is 35.6 Å². The molecule has 6 heteroatoms. The van der Waals surface area contributed by atoms with Gasteiger partial charge in [-0.2, -0.15) is 0 Å². The molecule has 1 unspecified atom stereocenters. The van der Waals surface area contributed by atoms with E-state index in [0.717, 1.165) is 39.4 Å². The SMILES string of the molecule is CCOc1ccc(-n2c(SC(C)c3ccccc3)nc3c(c2=O)SCC3)cc1. The van der Waals surface area contributed by atoms with Gasteiger partial charge < -0.3 is 4.74 Å². The second-order valence-corrected chi connectivity index (χ2v) is 8.92. The Kier molecular flexibility index (Phi) is 5.78. The van der Waals surface area contributed by atoms with E-state index in [1.165, 1.54) is 5.56 Å². The maximum absolute atomic E-state index is 13.3. The first-order valence-electron chi connectivity index (χ1n) is 9.41. The molecule has 0 saturated heterocycles. The van der Waals surface area contributed by atoms with Crippen molar-refractivity contribution in [3.63, 3.8) is 0 Å². The number of aryl methyl sites for hydroxylation is 1. The summed E-state index contributed by atoms with van der Waals surface area (Å²) in [4.78, 5) is 18.9. The smallest absolute Gasteiger partial charge is 0.272 e. The quantitative estimate of drug-likeness (QED) is 0.416. The van der Waals surface area contributed by atoms with Gasteiger partial charge in [0, 0.05) is 17.4 Å². The summed E-state index contributed by atoms with van der Waals surface area (Å²) in [6, 6.07) is 18.0. The van der Waals surface area contributed by atoms with Crippen LogP contribution in [-0.4, -0.2) is 21.9 Å². The maximum atomic E-state index is 13.3. The molecule has 0 aliphatic carbocycles. The lowest BCUT2D eigenvalue weighted by atomic mass is 10.2. The third-order valence-electron chi connectivity index (χ3n) is 4.62. The van der Waals surface area contributed by atoms with Gasteiger partial charge in [0.1, 0.15) is 5.75 Å². The van der Waals surface area contributed by atoms with Gasteiger partial charge in [-0.3, -0.25) is 9.36 Å². The Morgan fingerprint density at radius 2 is 1.93 bits per heavy atom. The Balaban J connectivity index is 1.77. The van der Waals surface area contributed by atoms with Crippen LogP contribution in [0.15, 0.2) is 69.4 Å². The van der Waals surface area contributed by atoms with E-state index in [-0.39, 0.29) is 10.8 Å². The van der Waals surface area contributed by atoms with Crippen LogP contribution in [0.4, 0.5) is 0 Å². The fourth-order valence-corrected chi connectivity index (χ4v) is 5.30. The molecular formula is C22H22N2O2S2. The van der Waals surface area contributed by atoms with Gasteiger partial charge in [-0.05, 0) is 43.7 Å². The van der Waals surface area contributed by atoms with Gasteiger partial charge in [-0.15, -0.1) is 11.8 Å². The van der Waals surface area contributed by atoms with Crippen molar-refractivity contribution < 1.29 is 4.74 Å². The molecule has 1 aromatic heterocycles. The molecule has 3 aromatic rings. The van der Waals surface area contributed by atoms with Crippen LogP contribution in [-0.2, 0) is 6.42 Å². The van der Waals surface area contributed by atoms with E-state index in [9.17, 15) is 4.79 Å². The summed E-state index contributed by atoms with van der Waals surface area (Å²) in [5, 5.41) is 0.931. The molecule has 2 aromatic carbocycles. The van der Waals surface area contributed by atoms with Crippen molar-refractivity contribution in [2.24, 2.45) is 0 Å². The monoisotopic (exact) mass is 410 g/mol. The molecule has 1 atom stereocenters. The lowest BCUT2D eigenvalue weighted by molar-refractivity contribution is 0.340. The number of ether oxygens (including phenoxy) is 1. The van der Waals surface area contributed by atoms with Crippen molar-refractivity contribution in [1.29, 1.82) is 0 Å². The topological polar surface area (TPSA) is 44.1 Å². The summed E-state index contributed by atoms with van der Waals surface area (Å²) in [6.07, 6.45) is 0.854. The molecule has 0 N–H and O–H groups in total. The molecule has 0 radical (unpaired) electrons. The molecule has 4 rings (SSSR count). The van der Waals surface area contributed by atoms with Crippen molar-refractivity contribution in [1.82, 2.24) is 9.55 Å². The fourth-order valence-electron chi connectivity index (χ4n) is 3.21. The van der Waals surface area contributed by atoms with Crippen LogP contribution in [0.2, 0.25) is 0 Å². The third kappa shape index (κ3) is 3.84. The zero-order chi connectivity index (χ0) is 19.5. The van der Waals surface area contributed by atoms with Crippen molar-refractivity contribution in [3.8, 4) is 11.4 Å². The van der Waals surface area contributed by atoms with E-state index < -0.39 is 0 Å².